The summed E-state index contributed by atoms with van der Waals surface area (Å²) in [6.45, 7) is 0.618. The highest BCUT2D eigenvalue weighted by atomic mass is 19.1. The Morgan fingerprint density at radius 2 is 2.00 bits per heavy atom. The van der Waals surface area contributed by atoms with E-state index in [9.17, 15) is 8.78 Å². The van der Waals surface area contributed by atoms with Crippen LogP contribution in [0.5, 0.6) is 0 Å². The maximum Gasteiger partial charge on any atom is 0.214 e. The third-order valence-electron chi connectivity index (χ3n) is 2.36. The molecule has 0 bridgehead atoms. The van der Waals surface area contributed by atoms with Crippen LogP contribution >= 0.6 is 0 Å². The van der Waals surface area contributed by atoms with Gasteiger partial charge in [-0.2, -0.15) is 4.39 Å². The second-order valence-corrected chi connectivity index (χ2v) is 3.67. The van der Waals surface area contributed by atoms with Crippen molar-refractivity contribution in [2.24, 2.45) is 0 Å². The minimum atomic E-state index is -0.513. The highest BCUT2D eigenvalue weighted by Crippen LogP contribution is 2.08. The fourth-order valence-electron chi connectivity index (χ4n) is 1.56. The summed E-state index contributed by atoms with van der Waals surface area (Å²) in [5, 5.41) is 3.05. The molecule has 0 aliphatic heterocycles. The molecular formula is C13H12F2N2. The summed E-state index contributed by atoms with van der Waals surface area (Å²) >= 11 is 0. The van der Waals surface area contributed by atoms with Gasteiger partial charge in [-0.05, 0) is 30.2 Å². The third-order valence-corrected chi connectivity index (χ3v) is 2.36. The predicted octanol–water partition coefficient (Wildman–Crippen LogP) is 3.01. The molecule has 88 valence electrons. The van der Waals surface area contributed by atoms with E-state index >= 15 is 0 Å². The summed E-state index contributed by atoms with van der Waals surface area (Å²) < 4.78 is 25.7. The predicted molar refractivity (Wildman–Crippen MR) is 62.8 cm³/mol. The third kappa shape index (κ3) is 3.52. The van der Waals surface area contributed by atoms with E-state index in [0.29, 0.717) is 18.7 Å². The molecular weight excluding hydrogens is 222 g/mol. The van der Waals surface area contributed by atoms with Crippen LogP contribution in [0, 0.1) is 11.8 Å². The number of benzene rings is 1. The smallest absolute Gasteiger partial charge is 0.214 e. The van der Waals surface area contributed by atoms with E-state index in [4.69, 9.17) is 0 Å². The summed E-state index contributed by atoms with van der Waals surface area (Å²) in [5.41, 5.74) is 1.58. The Labute approximate surface area is 98.3 Å². The number of nitrogens with one attached hydrogen (secondary N) is 1. The van der Waals surface area contributed by atoms with Crippen LogP contribution in [-0.4, -0.2) is 11.5 Å². The highest BCUT2D eigenvalue weighted by Gasteiger charge is 1.97. The molecule has 17 heavy (non-hydrogen) atoms. The summed E-state index contributed by atoms with van der Waals surface area (Å²) in [7, 11) is 0. The maximum absolute atomic E-state index is 12.9. The number of aromatic nitrogens is 1. The zero-order chi connectivity index (χ0) is 12.1. The molecule has 1 heterocycles. The van der Waals surface area contributed by atoms with Crippen LogP contribution in [0.15, 0.2) is 42.6 Å². The first-order chi connectivity index (χ1) is 8.24. The number of hydrogen-bond acceptors (Lipinski definition) is 2. The van der Waals surface area contributed by atoms with Crippen LogP contribution in [0.1, 0.15) is 5.56 Å². The lowest BCUT2D eigenvalue weighted by Gasteiger charge is -2.06. The summed E-state index contributed by atoms with van der Waals surface area (Å²) in [6.07, 6.45) is 2.08. The maximum atomic E-state index is 12.9. The molecule has 0 saturated heterocycles. The summed E-state index contributed by atoms with van der Waals surface area (Å²) in [5.74, 6) is -0.752. The van der Waals surface area contributed by atoms with Crippen molar-refractivity contribution in [2.75, 3.05) is 11.9 Å². The Morgan fingerprint density at radius 1 is 1.12 bits per heavy atom. The molecule has 0 aliphatic rings. The molecule has 0 radical (unpaired) electrons. The quantitative estimate of drug-likeness (QED) is 0.822. The van der Waals surface area contributed by atoms with Crippen molar-refractivity contribution in [1.82, 2.24) is 4.98 Å². The Morgan fingerprint density at radius 3 is 2.76 bits per heavy atom. The fourth-order valence-corrected chi connectivity index (χ4v) is 1.56. The van der Waals surface area contributed by atoms with Crippen molar-refractivity contribution in [3.63, 3.8) is 0 Å². The molecule has 1 N–H and O–H groups in total. The molecule has 0 aliphatic carbocycles. The molecule has 0 unspecified atom stereocenters. The topological polar surface area (TPSA) is 24.9 Å². The normalized spacial score (nSPS) is 10.2. The standard InChI is InChI=1S/C13H12F2N2/c14-11-3-1-2-10(8-11)4-6-16-12-5-7-17-13(15)9-12/h1-3,5,7-9H,4,6H2,(H,16,17). The molecule has 4 heteroatoms. The zero-order valence-electron chi connectivity index (χ0n) is 9.16. The van der Waals surface area contributed by atoms with Gasteiger partial charge in [0, 0.05) is 24.5 Å². The van der Waals surface area contributed by atoms with Crippen LogP contribution in [0.4, 0.5) is 14.5 Å². The van der Waals surface area contributed by atoms with Crippen molar-refractivity contribution in [3.05, 3.63) is 59.9 Å². The molecule has 0 saturated carbocycles. The molecule has 0 amide bonds. The first-order valence-electron chi connectivity index (χ1n) is 5.34. The molecule has 1 aromatic carbocycles. The van der Waals surface area contributed by atoms with Gasteiger partial charge in [-0.3, -0.25) is 0 Å². The van der Waals surface area contributed by atoms with Crippen molar-refractivity contribution in [2.45, 2.75) is 6.42 Å². The van der Waals surface area contributed by atoms with Crippen molar-refractivity contribution in [3.8, 4) is 0 Å². The minimum absolute atomic E-state index is 0.238. The summed E-state index contributed by atoms with van der Waals surface area (Å²) in [6, 6.07) is 9.46. The van der Waals surface area contributed by atoms with E-state index < -0.39 is 5.95 Å². The van der Waals surface area contributed by atoms with E-state index in [1.165, 1.54) is 24.4 Å². The molecule has 1 aromatic heterocycles. The van der Waals surface area contributed by atoms with Gasteiger partial charge in [-0.25, -0.2) is 9.37 Å². The molecule has 0 atom stereocenters. The SMILES string of the molecule is Fc1cccc(CCNc2ccnc(F)c2)c1. The van der Waals surface area contributed by atoms with Gasteiger partial charge in [0.05, 0.1) is 0 Å². The molecule has 0 fully saturated rings. The van der Waals surface area contributed by atoms with Crippen LogP contribution in [-0.2, 0) is 6.42 Å². The lowest BCUT2D eigenvalue weighted by Crippen LogP contribution is -2.05. The minimum Gasteiger partial charge on any atom is -0.385 e. The first-order valence-corrected chi connectivity index (χ1v) is 5.34. The number of halogens is 2. The Kier molecular flexibility index (Phi) is 3.65. The van der Waals surface area contributed by atoms with E-state index in [-0.39, 0.29) is 5.82 Å². The Hall–Kier alpha value is -1.97. The second-order valence-electron chi connectivity index (χ2n) is 3.67. The number of rotatable bonds is 4. The Balaban J connectivity index is 1.87. The van der Waals surface area contributed by atoms with Crippen LogP contribution < -0.4 is 5.32 Å². The molecule has 2 aromatic rings. The van der Waals surface area contributed by atoms with Crippen molar-refractivity contribution < 1.29 is 8.78 Å². The average Bonchev–Trinajstić information content (AvgIpc) is 2.29. The van der Waals surface area contributed by atoms with E-state index in [0.717, 1.165) is 5.56 Å². The van der Waals surface area contributed by atoms with Crippen molar-refractivity contribution >= 4 is 5.69 Å². The van der Waals surface area contributed by atoms with E-state index in [1.54, 1.807) is 12.1 Å². The molecule has 2 nitrogen and oxygen atoms in total. The van der Waals surface area contributed by atoms with Gasteiger partial charge in [-0.15, -0.1) is 0 Å². The monoisotopic (exact) mass is 234 g/mol. The average molecular weight is 234 g/mol. The van der Waals surface area contributed by atoms with E-state index in [2.05, 4.69) is 10.3 Å². The summed E-state index contributed by atoms with van der Waals surface area (Å²) in [4.78, 5) is 3.46. The zero-order valence-corrected chi connectivity index (χ0v) is 9.16. The molecule has 0 spiro atoms. The van der Waals surface area contributed by atoms with Gasteiger partial charge in [-0.1, -0.05) is 12.1 Å². The van der Waals surface area contributed by atoms with Crippen LogP contribution in [0.25, 0.3) is 0 Å². The van der Waals surface area contributed by atoms with Gasteiger partial charge < -0.3 is 5.32 Å². The lowest BCUT2D eigenvalue weighted by atomic mass is 10.1. The Bertz CT molecular complexity index is 455. The van der Waals surface area contributed by atoms with Crippen molar-refractivity contribution in [1.29, 1.82) is 0 Å². The van der Waals surface area contributed by atoms with Gasteiger partial charge in [0.25, 0.3) is 0 Å². The second kappa shape index (κ2) is 5.39. The van der Waals surface area contributed by atoms with Gasteiger partial charge in [0.1, 0.15) is 5.82 Å². The van der Waals surface area contributed by atoms with E-state index in [1.807, 2.05) is 6.07 Å². The number of nitrogens with zero attached hydrogens (tertiary/aromatic N) is 1. The van der Waals surface area contributed by atoms with Gasteiger partial charge >= 0.3 is 0 Å². The number of pyridine rings is 1. The molecule has 2 rings (SSSR count). The largest absolute Gasteiger partial charge is 0.385 e. The number of hydrogen-bond donors (Lipinski definition) is 1. The van der Waals surface area contributed by atoms with Crippen LogP contribution in [0.3, 0.4) is 0 Å². The van der Waals surface area contributed by atoms with Gasteiger partial charge in [0.2, 0.25) is 5.95 Å². The lowest BCUT2D eigenvalue weighted by molar-refractivity contribution is 0.584. The number of anilines is 1. The first kappa shape index (κ1) is 11.5. The highest BCUT2D eigenvalue weighted by molar-refractivity contribution is 5.41. The fraction of sp³-hybridized carbons (Fsp3) is 0.154. The van der Waals surface area contributed by atoms with Crippen LogP contribution in [0.2, 0.25) is 0 Å². The van der Waals surface area contributed by atoms with Gasteiger partial charge in [0.15, 0.2) is 0 Å².